The Labute approximate surface area is 112 Å². The molecule has 1 heterocycles. The third kappa shape index (κ3) is 3.24. The molecule has 0 saturated heterocycles. The van der Waals surface area contributed by atoms with Crippen LogP contribution in [0.15, 0.2) is 48.8 Å². The van der Waals surface area contributed by atoms with E-state index in [2.05, 4.69) is 12.0 Å². The second kappa shape index (κ2) is 5.89. The van der Waals surface area contributed by atoms with Crippen LogP contribution in [0.25, 0.3) is 0 Å². The molecule has 0 bridgehead atoms. The Morgan fingerprint density at radius 2 is 2.00 bits per heavy atom. The summed E-state index contributed by atoms with van der Waals surface area (Å²) in [5, 5.41) is 1.17. The van der Waals surface area contributed by atoms with Gasteiger partial charge < -0.3 is 0 Å². The van der Waals surface area contributed by atoms with Gasteiger partial charge in [-0.1, -0.05) is 18.2 Å². The van der Waals surface area contributed by atoms with E-state index < -0.39 is 0 Å². The van der Waals surface area contributed by atoms with Gasteiger partial charge >= 0.3 is 0 Å². The van der Waals surface area contributed by atoms with E-state index in [9.17, 15) is 4.79 Å². The first-order chi connectivity index (χ1) is 9.20. The number of carbonyl (C=O) groups excluding carboxylic acids is 1. The summed E-state index contributed by atoms with van der Waals surface area (Å²) in [6, 6.07) is 14.3. The molecule has 0 unspecified atom stereocenters. The van der Waals surface area contributed by atoms with Crippen LogP contribution in [0.5, 0.6) is 0 Å². The minimum Gasteiger partial charge on any atom is -0.283 e. The first-order valence-electron chi connectivity index (χ1n) is 5.78. The number of amides is 1. The van der Waals surface area contributed by atoms with Crippen molar-refractivity contribution in [2.45, 2.75) is 0 Å². The molecule has 2 aromatic rings. The van der Waals surface area contributed by atoms with Crippen molar-refractivity contribution in [1.29, 1.82) is 0 Å². The predicted molar refractivity (Wildman–Crippen MR) is 72.3 cm³/mol. The van der Waals surface area contributed by atoms with Crippen LogP contribution in [0.3, 0.4) is 0 Å². The van der Waals surface area contributed by atoms with E-state index >= 15 is 0 Å². The van der Waals surface area contributed by atoms with Crippen molar-refractivity contribution in [1.82, 2.24) is 9.63 Å². The van der Waals surface area contributed by atoms with Crippen LogP contribution in [0.4, 0.5) is 0 Å². The molecule has 0 spiro atoms. The molecule has 4 nitrogen and oxygen atoms in total. The molecule has 1 amide bonds. The maximum Gasteiger partial charge on any atom is 0.278 e. The second-order valence-corrected chi connectivity index (χ2v) is 3.90. The van der Waals surface area contributed by atoms with Gasteiger partial charge in [-0.25, -0.2) is 5.06 Å². The summed E-state index contributed by atoms with van der Waals surface area (Å²) in [6.07, 6.45) is 3.42. The van der Waals surface area contributed by atoms with Crippen molar-refractivity contribution in [3.63, 3.8) is 0 Å². The Kier molecular flexibility index (Phi) is 4.01. The second-order valence-electron chi connectivity index (χ2n) is 3.90. The first-order valence-corrected chi connectivity index (χ1v) is 5.78. The summed E-state index contributed by atoms with van der Waals surface area (Å²) in [6.45, 7) is 0. The molecule has 19 heavy (non-hydrogen) atoms. The molecule has 0 aliphatic rings. The summed E-state index contributed by atoms with van der Waals surface area (Å²) < 4.78 is 1.66. The van der Waals surface area contributed by atoms with Gasteiger partial charge in [0, 0.05) is 31.0 Å². The molecule has 1 aromatic carbocycles. The zero-order valence-electron chi connectivity index (χ0n) is 10.8. The summed E-state index contributed by atoms with van der Waals surface area (Å²) in [4.78, 5) is 16.6. The van der Waals surface area contributed by atoms with Crippen LogP contribution >= 0.6 is 0 Å². The van der Waals surface area contributed by atoms with Crippen LogP contribution in [0, 0.1) is 12.0 Å². The van der Waals surface area contributed by atoms with Gasteiger partial charge in [0.25, 0.3) is 5.91 Å². The Morgan fingerprint density at radius 3 is 2.68 bits per heavy atom. The lowest BCUT2D eigenvalue weighted by molar-refractivity contribution is -0.0756. The standard InChI is InChI=1S/C15H14N2O2/c1-16(19-2)15(18)14-9-11-17(12-14)10-8-13-6-4-3-5-7-13/h3-7,9,11-12H,1-2H3. The highest BCUT2D eigenvalue weighted by molar-refractivity contribution is 5.93. The first kappa shape index (κ1) is 12.9. The Balaban J connectivity index is 2.15. The zero-order valence-corrected chi connectivity index (χ0v) is 10.8. The number of nitrogens with zero attached hydrogens (tertiary/aromatic N) is 2. The highest BCUT2D eigenvalue weighted by Gasteiger charge is 2.11. The molecular weight excluding hydrogens is 240 g/mol. The summed E-state index contributed by atoms with van der Waals surface area (Å²) in [5.41, 5.74) is 1.46. The van der Waals surface area contributed by atoms with Gasteiger partial charge in [0.2, 0.25) is 0 Å². The molecule has 4 heteroatoms. The molecular formula is C15H14N2O2. The monoisotopic (exact) mass is 254 g/mol. The van der Waals surface area contributed by atoms with Gasteiger partial charge in [-0.3, -0.25) is 14.2 Å². The molecule has 0 aliphatic heterocycles. The average molecular weight is 254 g/mol. The number of hydroxylamine groups is 2. The number of carbonyl (C=O) groups is 1. The summed E-state index contributed by atoms with van der Waals surface area (Å²) >= 11 is 0. The minimum absolute atomic E-state index is 0.206. The van der Waals surface area contributed by atoms with Crippen LogP contribution < -0.4 is 0 Å². The van der Waals surface area contributed by atoms with Gasteiger partial charge in [0.1, 0.15) is 0 Å². The molecule has 2 rings (SSSR count). The predicted octanol–water partition coefficient (Wildman–Crippen LogP) is 1.98. The number of hydrogen-bond donors (Lipinski definition) is 0. The SMILES string of the molecule is CON(C)C(=O)c1ccn(C#Cc2ccccc2)c1. The Morgan fingerprint density at radius 1 is 1.26 bits per heavy atom. The molecule has 96 valence electrons. The van der Waals surface area contributed by atoms with Gasteiger partial charge in [0.05, 0.1) is 12.7 Å². The van der Waals surface area contributed by atoms with Crippen molar-refractivity contribution in [3.05, 3.63) is 59.9 Å². The summed E-state index contributed by atoms with van der Waals surface area (Å²) in [5.74, 6) is 2.81. The van der Waals surface area contributed by atoms with Crippen molar-refractivity contribution in [2.75, 3.05) is 14.2 Å². The lowest BCUT2D eigenvalue weighted by Gasteiger charge is -2.11. The molecule has 0 N–H and O–H groups in total. The van der Waals surface area contributed by atoms with Crippen LogP contribution in [-0.4, -0.2) is 29.7 Å². The maximum absolute atomic E-state index is 11.8. The van der Waals surface area contributed by atoms with Gasteiger partial charge in [0.15, 0.2) is 0 Å². The zero-order chi connectivity index (χ0) is 13.7. The number of hydrogen-bond acceptors (Lipinski definition) is 2. The minimum atomic E-state index is -0.206. The average Bonchev–Trinajstić information content (AvgIpc) is 2.93. The topological polar surface area (TPSA) is 34.5 Å². The molecule has 0 atom stereocenters. The van der Waals surface area contributed by atoms with Crippen molar-refractivity contribution in [3.8, 4) is 12.0 Å². The van der Waals surface area contributed by atoms with E-state index in [1.165, 1.54) is 12.2 Å². The van der Waals surface area contributed by atoms with Crippen LogP contribution in [0.1, 0.15) is 15.9 Å². The lowest BCUT2D eigenvalue weighted by atomic mass is 10.2. The Bertz CT molecular complexity index is 620. The van der Waals surface area contributed by atoms with Crippen LogP contribution in [0.2, 0.25) is 0 Å². The highest BCUT2D eigenvalue weighted by atomic mass is 16.7. The molecule has 0 saturated carbocycles. The fourth-order valence-electron chi connectivity index (χ4n) is 1.51. The smallest absolute Gasteiger partial charge is 0.278 e. The molecule has 0 radical (unpaired) electrons. The number of benzene rings is 1. The molecule has 0 aliphatic carbocycles. The normalized spacial score (nSPS) is 9.58. The highest BCUT2D eigenvalue weighted by Crippen LogP contribution is 2.04. The number of aromatic nitrogens is 1. The van der Waals surface area contributed by atoms with Crippen molar-refractivity contribution in [2.24, 2.45) is 0 Å². The number of rotatable bonds is 2. The van der Waals surface area contributed by atoms with E-state index in [0.29, 0.717) is 5.56 Å². The van der Waals surface area contributed by atoms with Gasteiger partial charge in [-0.2, -0.15) is 0 Å². The van der Waals surface area contributed by atoms with E-state index in [1.807, 2.05) is 30.3 Å². The van der Waals surface area contributed by atoms with E-state index in [-0.39, 0.29) is 5.91 Å². The third-order valence-electron chi connectivity index (χ3n) is 2.60. The van der Waals surface area contributed by atoms with Crippen LogP contribution in [-0.2, 0) is 4.84 Å². The molecule has 0 fully saturated rings. The fourth-order valence-corrected chi connectivity index (χ4v) is 1.51. The van der Waals surface area contributed by atoms with E-state index in [0.717, 1.165) is 5.56 Å². The van der Waals surface area contributed by atoms with Crippen molar-refractivity contribution >= 4 is 5.91 Å². The largest absolute Gasteiger partial charge is 0.283 e. The van der Waals surface area contributed by atoms with E-state index in [1.54, 1.807) is 30.1 Å². The third-order valence-corrected chi connectivity index (χ3v) is 2.60. The molecule has 1 aromatic heterocycles. The van der Waals surface area contributed by atoms with Gasteiger partial charge in [-0.05, 0) is 24.1 Å². The lowest BCUT2D eigenvalue weighted by Crippen LogP contribution is -2.24. The van der Waals surface area contributed by atoms with E-state index in [4.69, 9.17) is 4.84 Å². The van der Waals surface area contributed by atoms with Gasteiger partial charge in [-0.15, -0.1) is 0 Å². The maximum atomic E-state index is 11.8. The summed E-state index contributed by atoms with van der Waals surface area (Å²) in [7, 11) is 3.01. The Hall–Kier alpha value is -2.51. The quantitative estimate of drug-likeness (QED) is 0.606. The van der Waals surface area contributed by atoms with Crippen molar-refractivity contribution < 1.29 is 9.63 Å². The fraction of sp³-hybridized carbons (Fsp3) is 0.133.